The van der Waals surface area contributed by atoms with E-state index in [1.54, 1.807) is 0 Å². The van der Waals surface area contributed by atoms with Crippen LogP contribution in [0.4, 0.5) is 0 Å². The van der Waals surface area contributed by atoms with Gasteiger partial charge in [-0.15, -0.1) is 0 Å². The minimum absolute atomic E-state index is 0.250. The lowest BCUT2D eigenvalue weighted by Crippen LogP contribution is -2.53. The van der Waals surface area contributed by atoms with Crippen LogP contribution in [-0.4, -0.2) is 60.3 Å². The summed E-state index contributed by atoms with van der Waals surface area (Å²) in [6.07, 6.45) is 3.11. The molecule has 124 valence electrons. The Morgan fingerprint density at radius 2 is 2.04 bits per heavy atom. The number of benzene rings is 1. The smallest absolute Gasteiger partial charge is 0.0606 e. The van der Waals surface area contributed by atoms with Crippen molar-refractivity contribution in [2.45, 2.75) is 26.3 Å². The summed E-state index contributed by atoms with van der Waals surface area (Å²) in [6.45, 7) is 9.38. The number of piperazine rings is 1. The first-order valence-electron chi connectivity index (χ1n) is 8.43. The van der Waals surface area contributed by atoms with Crippen molar-refractivity contribution < 1.29 is 5.11 Å². The summed E-state index contributed by atoms with van der Waals surface area (Å²) in [4.78, 5) is 4.87. The average Bonchev–Trinajstić information content (AvgIpc) is 2.55. The summed E-state index contributed by atoms with van der Waals surface area (Å²) < 4.78 is 0. The molecular formula is C20H28N2O. The van der Waals surface area contributed by atoms with Crippen LogP contribution in [-0.2, 0) is 0 Å². The van der Waals surface area contributed by atoms with Gasteiger partial charge < -0.3 is 5.11 Å². The minimum Gasteiger partial charge on any atom is -0.396 e. The van der Waals surface area contributed by atoms with Gasteiger partial charge in [0, 0.05) is 44.4 Å². The summed E-state index contributed by atoms with van der Waals surface area (Å²) in [5.41, 5.74) is 2.42. The van der Waals surface area contributed by atoms with Crippen LogP contribution in [0.1, 0.15) is 25.8 Å². The number of rotatable bonds is 5. The van der Waals surface area contributed by atoms with Crippen LogP contribution in [0.5, 0.6) is 0 Å². The molecule has 0 aliphatic carbocycles. The second-order valence-electron chi connectivity index (χ2n) is 6.35. The second-order valence-corrected chi connectivity index (χ2v) is 6.35. The third-order valence-corrected chi connectivity index (χ3v) is 4.19. The van der Waals surface area contributed by atoms with Crippen LogP contribution in [0.25, 0.3) is 0 Å². The summed E-state index contributed by atoms with van der Waals surface area (Å²) in [5, 5.41) is 9.34. The summed E-state index contributed by atoms with van der Waals surface area (Å²) >= 11 is 0. The van der Waals surface area contributed by atoms with E-state index in [1.807, 2.05) is 30.3 Å². The Balaban J connectivity index is 1.88. The molecule has 1 saturated heterocycles. The Kier molecular flexibility index (Phi) is 7.35. The van der Waals surface area contributed by atoms with Crippen LogP contribution in [0.3, 0.4) is 0 Å². The van der Waals surface area contributed by atoms with Gasteiger partial charge in [0.1, 0.15) is 0 Å². The van der Waals surface area contributed by atoms with Gasteiger partial charge in [-0.25, -0.2) is 0 Å². The van der Waals surface area contributed by atoms with Crippen LogP contribution in [0, 0.1) is 11.8 Å². The molecule has 3 heteroatoms. The van der Waals surface area contributed by atoms with E-state index in [2.05, 4.69) is 41.6 Å². The van der Waals surface area contributed by atoms with E-state index in [0.717, 1.165) is 44.7 Å². The quantitative estimate of drug-likeness (QED) is 0.668. The van der Waals surface area contributed by atoms with E-state index in [0.29, 0.717) is 6.04 Å². The van der Waals surface area contributed by atoms with Crippen LogP contribution in [0.15, 0.2) is 42.0 Å². The fourth-order valence-electron chi connectivity index (χ4n) is 2.84. The fraction of sp³-hybridized carbons (Fsp3) is 0.500. The van der Waals surface area contributed by atoms with E-state index in [9.17, 15) is 5.11 Å². The highest BCUT2D eigenvalue weighted by molar-refractivity contribution is 5.33. The van der Waals surface area contributed by atoms with E-state index in [4.69, 9.17) is 0 Å². The molecule has 1 aliphatic rings. The monoisotopic (exact) mass is 312 g/mol. The van der Waals surface area contributed by atoms with Crippen molar-refractivity contribution in [3.8, 4) is 11.8 Å². The lowest BCUT2D eigenvalue weighted by Gasteiger charge is -2.40. The summed E-state index contributed by atoms with van der Waals surface area (Å²) in [7, 11) is 0. The molecule has 2 rings (SSSR count). The SMILES string of the molecule is CC(C)=CCN1CCN(CC#Cc2ccccc2)C[C@H]1CCO. The largest absolute Gasteiger partial charge is 0.396 e. The van der Waals surface area contributed by atoms with Gasteiger partial charge in [-0.3, -0.25) is 9.80 Å². The van der Waals surface area contributed by atoms with Crippen molar-refractivity contribution in [2.24, 2.45) is 0 Å². The van der Waals surface area contributed by atoms with E-state index in [-0.39, 0.29) is 6.61 Å². The zero-order chi connectivity index (χ0) is 16.5. The van der Waals surface area contributed by atoms with E-state index >= 15 is 0 Å². The maximum Gasteiger partial charge on any atom is 0.0606 e. The van der Waals surface area contributed by atoms with E-state index in [1.165, 1.54) is 5.57 Å². The molecule has 1 aromatic carbocycles. The lowest BCUT2D eigenvalue weighted by molar-refractivity contribution is 0.0753. The molecule has 1 heterocycles. The molecule has 0 unspecified atom stereocenters. The molecule has 1 atom stereocenters. The molecule has 1 aromatic rings. The van der Waals surface area contributed by atoms with Crippen molar-refractivity contribution in [2.75, 3.05) is 39.3 Å². The molecule has 3 nitrogen and oxygen atoms in total. The second kappa shape index (κ2) is 9.52. The molecule has 1 fully saturated rings. The molecule has 0 bridgehead atoms. The Bertz CT molecular complexity index is 552. The first-order valence-corrected chi connectivity index (χ1v) is 8.43. The van der Waals surface area contributed by atoms with Gasteiger partial charge in [0.15, 0.2) is 0 Å². The molecule has 0 aromatic heterocycles. The molecule has 23 heavy (non-hydrogen) atoms. The van der Waals surface area contributed by atoms with Gasteiger partial charge >= 0.3 is 0 Å². The number of hydrogen-bond acceptors (Lipinski definition) is 3. The average molecular weight is 312 g/mol. The predicted molar refractivity (Wildman–Crippen MR) is 96.3 cm³/mol. The zero-order valence-corrected chi connectivity index (χ0v) is 14.3. The van der Waals surface area contributed by atoms with Gasteiger partial charge in [0.05, 0.1) is 6.54 Å². The number of aliphatic hydroxyl groups is 1. The molecule has 1 aliphatic heterocycles. The van der Waals surface area contributed by atoms with Crippen molar-refractivity contribution in [3.05, 3.63) is 47.5 Å². The Hall–Kier alpha value is -1.60. The highest BCUT2D eigenvalue weighted by atomic mass is 16.3. The molecule has 1 N–H and O–H groups in total. The maximum absolute atomic E-state index is 9.34. The molecule has 0 saturated carbocycles. The Morgan fingerprint density at radius 3 is 2.74 bits per heavy atom. The van der Waals surface area contributed by atoms with Gasteiger partial charge in [0.25, 0.3) is 0 Å². The molecular weight excluding hydrogens is 284 g/mol. The Morgan fingerprint density at radius 1 is 1.26 bits per heavy atom. The molecule has 0 radical (unpaired) electrons. The highest BCUT2D eigenvalue weighted by Crippen LogP contribution is 2.13. The van der Waals surface area contributed by atoms with Crippen molar-refractivity contribution >= 4 is 0 Å². The van der Waals surface area contributed by atoms with Gasteiger partial charge in [-0.05, 0) is 32.4 Å². The topological polar surface area (TPSA) is 26.7 Å². The zero-order valence-electron chi connectivity index (χ0n) is 14.3. The number of allylic oxidation sites excluding steroid dienone is 1. The third-order valence-electron chi connectivity index (χ3n) is 4.19. The number of nitrogens with zero attached hydrogens (tertiary/aromatic N) is 2. The summed E-state index contributed by atoms with van der Waals surface area (Å²) in [6, 6.07) is 10.5. The van der Waals surface area contributed by atoms with Crippen LogP contribution < -0.4 is 0 Å². The standard InChI is InChI=1S/C20H28N2O/c1-18(2)10-13-22-15-14-21(17-20(22)11-16-23)12-6-9-19-7-4-3-5-8-19/h3-5,7-8,10,20,23H,11-17H2,1-2H3/t20-/m1/s1. The van der Waals surface area contributed by atoms with Gasteiger partial charge in [-0.2, -0.15) is 0 Å². The minimum atomic E-state index is 0.250. The maximum atomic E-state index is 9.34. The van der Waals surface area contributed by atoms with Crippen LogP contribution >= 0.6 is 0 Å². The number of hydrogen-bond donors (Lipinski definition) is 1. The molecule has 0 spiro atoms. The number of aliphatic hydroxyl groups excluding tert-OH is 1. The summed E-state index contributed by atoms with van der Waals surface area (Å²) in [5.74, 6) is 6.51. The first-order chi connectivity index (χ1) is 11.2. The van der Waals surface area contributed by atoms with Gasteiger partial charge in [0.2, 0.25) is 0 Å². The van der Waals surface area contributed by atoms with Gasteiger partial charge in [-0.1, -0.05) is 41.7 Å². The molecule has 0 amide bonds. The fourth-order valence-corrected chi connectivity index (χ4v) is 2.84. The van der Waals surface area contributed by atoms with Crippen molar-refractivity contribution in [1.29, 1.82) is 0 Å². The normalized spacial score (nSPS) is 19.0. The van der Waals surface area contributed by atoms with Crippen molar-refractivity contribution in [1.82, 2.24) is 9.80 Å². The Labute approximate surface area is 140 Å². The third kappa shape index (κ3) is 6.19. The predicted octanol–water partition coefficient (Wildman–Crippen LogP) is 2.37. The lowest BCUT2D eigenvalue weighted by atomic mass is 10.1. The van der Waals surface area contributed by atoms with Crippen molar-refractivity contribution in [3.63, 3.8) is 0 Å². The highest BCUT2D eigenvalue weighted by Gasteiger charge is 2.25. The van der Waals surface area contributed by atoms with Crippen LogP contribution in [0.2, 0.25) is 0 Å². The first kappa shape index (κ1) is 17.7. The van der Waals surface area contributed by atoms with E-state index < -0.39 is 0 Å².